The van der Waals surface area contributed by atoms with Crippen LogP contribution in [0.15, 0.2) is 23.1 Å². The fourth-order valence-corrected chi connectivity index (χ4v) is 5.59. The smallest absolute Gasteiger partial charge is 0.243 e. The third kappa shape index (κ3) is 3.16. The number of fused-ring (bicyclic) bond motifs is 1. The van der Waals surface area contributed by atoms with Gasteiger partial charge in [-0.05, 0) is 44.2 Å². The lowest BCUT2D eigenvalue weighted by Gasteiger charge is -2.32. The van der Waals surface area contributed by atoms with Crippen LogP contribution in [0, 0.1) is 0 Å². The quantitative estimate of drug-likeness (QED) is 0.797. The SMILES string of the molecule is O=C(C1CCCN1S(=O)(=O)c1ccc2c(c1)OCCO2)N1CCCCC1. The van der Waals surface area contributed by atoms with Crippen LogP contribution in [0.4, 0.5) is 0 Å². The van der Waals surface area contributed by atoms with Gasteiger partial charge in [0.15, 0.2) is 11.5 Å². The van der Waals surface area contributed by atoms with Gasteiger partial charge in [0, 0.05) is 25.7 Å². The van der Waals surface area contributed by atoms with Crippen molar-refractivity contribution in [3.05, 3.63) is 18.2 Å². The minimum atomic E-state index is -3.75. The Hall–Kier alpha value is -1.80. The van der Waals surface area contributed by atoms with E-state index in [9.17, 15) is 13.2 Å². The standard InChI is InChI=1S/C18H24N2O5S/c21-18(19-8-2-1-3-9-19)15-5-4-10-20(15)26(22,23)14-6-7-16-17(13-14)25-12-11-24-16/h6-7,13,15H,1-5,8-12H2. The minimum Gasteiger partial charge on any atom is -0.486 e. The lowest BCUT2D eigenvalue weighted by atomic mass is 10.1. The van der Waals surface area contributed by atoms with E-state index in [4.69, 9.17) is 9.47 Å². The zero-order chi connectivity index (χ0) is 18.1. The predicted molar refractivity (Wildman–Crippen MR) is 94.8 cm³/mol. The van der Waals surface area contributed by atoms with E-state index in [2.05, 4.69) is 0 Å². The maximum Gasteiger partial charge on any atom is 0.243 e. The summed E-state index contributed by atoms with van der Waals surface area (Å²) in [5.41, 5.74) is 0. The van der Waals surface area contributed by atoms with Crippen molar-refractivity contribution in [2.75, 3.05) is 32.8 Å². The van der Waals surface area contributed by atoms with Crippen molar-refractivity contribution >= 4 is 15.9 Å². The number of hydrogen-bond donors (Lipinski definition) is 0. The highest BCUT2D eigenvalue weighted by atomic mass is 32.2. The summed E-state index contributed by atoms with van der Waals surface area (Å²) in [7, 11) is -3.75. The van der Waals surface area contributed by atoms with Gasteiger partial charge in [0.2, 0.25) is 15.9 Å². The Kier molecular flexibility index (Phi) is 4.79. The van der Waals surface area contributed by atoms with Gasteiger partial charge in [0.1, 0.15) is 19.3 Å². The molecule has 0 aliphatic carbocycles. The number of piperidine rings is 1. The number of amides is 1. The highest BCUT2D eigenvalue weighted by molar-refractivity contribution is 7.89. The van der Waals surface area contributed by atoms with Crippen molar-refractivity contribution < 1.29 is 22.7 Å². The van der Waals surface area contributed by atoms with E-state index in [0.717, 1.165) is 32.4 Å². The number of benzene rings is 1. The first-order chi connectivity index (χ1) is 12.6. The highest BCUT2D eigenvalue weighted by Crippen LogP contribution is 2.35. The Labute approximate surface area is 153 Å². The maximum atomic E-state index is 13.2. The van der Waals surface area contributed by atoms with Crippen LogP contribution in [0.3, 0.4) is 0 Å². The lowest BCUT2D eigenvalue weighted by Crippen LogP contribution is -2.49. The van der Waals surface area contributed by atoms with Crippen LogP contribution in [-0.2, 0) is 14.8 Å². The van der Waals surface area contributed by atoms with Gasteiger partial charge in [0.25, 0.3) is 0 Å². The summed E-state index contributed by atoms with van der Waals surface area (Å²) in [5, 5.41) is 0. The second kappa shape index (κ2) is 7.08. The van der Waals surface area contributed by atoms with Crippen molar-refractivity contribution in [3.63, 3.8) is 0 Å². The normalized spacial score (nSPS) is 23.8. The fraction of sp³-hybridized carbons (Fsp3) is 0.611. The molecule has 1 amide bonds. The van der Waals surface area contributed by atoms with Crippen LogP contribution < -0.4 is 9.47 Å². The lowest BCUT2D eigenvalue weighted by molar-refractivity contribution is -0.135. The van der Waals surface area contributed by atoms with Gasteiger partial charge in [-0.25, -0.2) is 8.42 Å². The Morgan fingerprint density at radius 3 is 2.46 bits per heavy atom. The molecule has 0 bridgehead atoms. The molecule has 1 atom stereocenters. The number of carbonyl (C=O) groups is 1. The molecular formula is C18H24N2O5S. The molecule has 8 heteroatoms. The predicted octanol–water partition coefficient (Wildman–Crippen LogP) is 1.62. The number of nitrogens with zero attached hydrogens (tertiary/aromatic N) is 2. The molecule has 7 nitrogen and oxygen atoms in total. The molecule has 1 aromatic rings. The highest BCUT2D eigenvalue weighted by Gasteiger charge is 2.41. The van der Waals surface area contributed by atoms with E-state index >= 15 is 0 Å². The second-order valence-corrected chi connectivity index (χ2v) is 8.86. The topological polar surface area (TPSA) is 76.2 Å². The minimum absolute atomic E-state index is 0.0525. The van der Waals surface area contributed by atoms with Gasteiger partial charge < -0.3 is 14.4 Å². The van der Waals surface area contributed by atoms with E-state index in [1.807, 2.05) is 4.90 Å². The van der Waals surface area contributed by atoms with Crippen molar-refractivity contribution in [1.29, 1.82) is 0 Å². The van der Waals surface area contributed by atoms with Crippen LogP contribution in [0.1, 0.15) is 32.1 Å². The van der Waals surface area contributed by atoms with Crippen molar-refractivity contribution in [2.24, 2.45) is 0 Å². The summed E-state index contributed by atoms with van der Waals surface area (Å²) >= 11 is 0. The molecule has 1 aromatic carbocycles. The Balaban J connectivity index is 1.59. The summed E-state index contributed by atoms with van der Waals surface area (Å²) in [6.45, 7) is 2.69. The van der Waals surface area contributed by atoms with Crippen molar-refractivity contribution in [2.45, 2.75) is 43.0 Å². The molecule has 2 saturated heterocycles. The first-order valence-electron chi connectivity index (χ1n) is 9.28. The number of likely N-dealkylation sites (tertiary alicyclic amines) is 1. The molecule has 0 saturated carbocycles. The Morgan fingerprint density at radius 2 is 1.69 bits per heavy atom. The van der Waals surface area contributed by atoms with E-state index < -0.39 is 16.1 Å². The molecule has 3 aliphatic heterocycles. The van der Waals surface area contributed by atoms with Crippen LogP contribution in [0.5, 0.6) is 11.5 Å². The van der Waals surface area contributed by atoms with Crippen LogP contribution in [0.25, 0.3) is 0 Å². The summed E-state index contributed by atoms with van der Waals surface area (Å²) in [6, 6.07) is 4.07. The molecule has 4 rings (SSSR count). The molecule has 1 unspecified atom stereocenters. The largest absolute Gasteiger partial charge is 0.486 e. The summed E-state index contributed by atoms with van der Waals surface area (Å²) < 4.78 is 38.7. The number of rotatable bonds is 3. The van der Waals surface area contributed by atoms with Gasteiger partial charge in [-0.3, -0.25) is 4.79 Å². The molecule has 26 heavy (non-hydrogen) atoms. The van der Waals surface area contributed by atoms with E-state index in [1.54, 1.807) is 6.07 Å². The van der Waals surface area contributed by atoms with Gasteiger partial charge in [0.05, 0.1) is 4.90 Å². The Morgan fingerprint density at radius 1 is 0.962 bits per heavy atom. The summed E-state index contributed by atoms with van der Waals surface area (Å²) in [6.07, 6.45) is 4.40. The van der Waals surface area contributed by atoms with Crippen molar-refractivity contribution in [3.8, 4) is 11.5 Å². The van der Waals surface area contributed by atoms with Gasteiger partial charge in [-0.2, -0.15) is 4.31 Å². The first-order valence-corrected chi connectivity index (χ1v) is 10.7. The summed E-state index contributed by atoms with van der Waals surface area (Å²) in [5.74, 6) is 0.941. The molecule has 3 heterocycles. The van der Waals surface area contributed by atoms with E-state index in [1.165, 1.54) is 16.4 Å². The average molecular weight is 380 g/mol. The molecule has 2 fully saturated rings. The maximum absolute atomic E-state index is 13.2. The third-order valence-electron chi connectivity index (χ3n) is 5.28. The van der Waals surface area contributed by atoms with Crippen LogP contribution in [0.2, 0.25) is 0 Å². The third-order valence-corrected chi connectivity index (χ3v) is 7.18. The van der Waals surface area contributed by atoms with E-state index in [-0.39, 0.29) is 10.8 Å². The Bertz CT molecular complexity index is 789. The average Bonchev–Trinajstić information content (AvgIpc) is 3.18. The zero-order valence-electron chi connectivity index (χ0n) is 14.7. The van der Waals surface area contributed by atoms with Crippen LogP contribution in [-0.4, -0.2) is 62.4 Å². The number of carbonyl (C=O) groups excluding carboxylic acids is 1. The molecule has 142 valence electrons. The van der Waals surface area contributed by atoms with Crippen molar-refractivity contribution in [1.82, 2.24) is 9.21 Å². The number of ether oxygens (including phenoxy) is 2. The fourth-order valence-electron chi connectivity index (χ4n) is 3.92. The first kappa shape index (κ1) is 17.6. The number of hydrogen-bond acceptors (Lipinski definition) is 5. The molecule has 0 N–H and O–H groups in total. The van der Waals surface area contributed by atoms with Gasteiger partial charge in [-0.15, -0.1) is 0 Å². The summed E-state index contributed by atoms with van der Waals surface area (Å²) in [4.78, 5) is 14.9. The van der Waals surface area contributed by atoms with Crippen LogP contribution >= 0.6 is 0 Å². The van der Waals surface area contributed by atoms with Gasteiger partial charge >= 0.3 is 0 Å². The van der Waals surface area contributed by atoms with E-state index in [0.29, 0.717) is 44.1 Å². The second-order valence-electron chi connectivity index (χ2n) is 6.97. The monoisotopic (exact) mass is 380 g/mol. The molecular weight excluding hydrogens is 356 g/mol. The molecule has 0 aromatic heterocycles. The molecule has 3 aliphatic rings. The van der Waals surface area contributed by atoms with Gasteiger partial charge in [-0.1, -0.05) is 0 Å². The number of sulfonamides is 1. The molecule has 0 radical (unpaired) electrons. The molecule has 0 spiro atoms. The zero-order valence-corrected chi connectivity index (χ0v) is 15.5.